The number of benzene rings is 1. The molecular formula is C13H18O2. The number of hydrogen-bond donors (Lipinski definition) is 0. The van der Waals surface area contributed by atoms with Crippen molar-refractivity contribution in [3.63, 3.8) is 0 Å². The molecule has 0 saturated heterocycles. The molecule has 0 radical (unpaired) electrons. The Morgan fingerprint density at radius 2 is 2.00 bits per heavy atom. The van der Waals surface area contributed by atoms with Crippen LogP contribution in [0.1, 0.15) is 38.2 Å². The molecule has 0 saturated carbocycles. The van der Waals surface area contributed by atoms with Crippen LogP contribution in [0.25, 0.3) is 0 Å². The standard InChI is InChI=1S/C13H18O2/c1-3-7-13(14)15-10-11(2)12-8-5-4-6-9-12/h4-6,8-9,11H,3,7,10H2,1-2H3. The molecule has 0 bridgehead atoms. The van der Waals surface area contributed by atoms with E-state index in [2.05, 4.69) is 19.1 Å². The Morgan fingerprint density at radius 1 is 1.33 bits per heavy atom. The van der Waals surface area contributed by atoms with Gasteiger partial charge >= 0.3 is 5.97 Å². The first kappa shape index (κ1) is 11.8. The Balaban J connectivity index is 2.37. The fourth-order valence-electron chi connectivity index (χ4n) is 1.37. The van der Waals surface area contributed by atoms with Gasteiger partial charge in [0.15, 0.2) is 0 Å². The zero-order valence-electron chi connectivity index (χ0n) is 9.40. The largest absolute Gasteiger partial charge is 0.465 e. The van der Waals surface area contributed by atoms with Crippen molar-refractivity contribution < 1.29 is 9.53 Å². The van der Waals surface area contributed by atoms with E-state index in [4.69, 9.17) is 4.74 Å². The highest BCUT2D eigenvalue weighted by molar-refractivity contribution is 5.69. The molecule has 82 valence electrons. The highest BCUT2D eigenvalue weighted by Gasteiger charge is 2.07. The Bertz CT molecular complexity index is 293. The first-order valence-electron chi connectivity index (χ1n) is 5.44. The summed E-state index contributed by atoms with van der Waals surface area (Å²) in [6.45, 7) is 4.51. The SMILES string of the molecule is CCCC(=O)OCC(C)c1ccccc1. The van der Waals surface area contributed by atoms with Gasteiger partial charge in [-0.2, -0.15) is 0 Å². The monoisotopic (exact) mass is 206 g/mol. The average molecular weight is 206 g/mol. The molecule has 0 aliphatic carbocycles. The van der Waals surface area contributed by atoms with Gasteiger partial charge in [-0.25, -0.2) is 0 Å². The smallest absolute Gasteiger partial charge is 0.305 e. The summed E-state index contributed by atoms with van der Waals surface area (Å²) in [4.78, 5) is 11.2. The van der Waals surface area contributed by atoms with Crippen LogP contribution in [0.15, 0.2) is 30.3 Å². The van der Waals surface area contributed by atoms with E-state index in [9.17, 15) is 4.79 Å². The second-order valence-corrected chi connectivity index (χ2v) is 3.74. The molecule has 1 aromatic rings. The number of rotatable bonds is 5. The van der Waals surface area contributed by atoms with Crippen LogP contribution in [0.2, 0.25) is 0 Å². The lowest BCUT2D eigenvalue weighted by atomic mass is 10.0. The summed E-state index contributed by atoms with van der Waals surface area (Å²) >= 11 is 0. The number of ether oxygens (including phenoxy) is 1. The van der Waals surface area contributed by atoms with Crippen LogP contribution >= 0.6 is 0 Å². The van der Waals surface area contributed by atoms with Crippen LogP contribution in [0.3, 0.4) is 0 Å². The molecule has 0 spiro atoms. The van der Waals surface area contributed by atoms with Crippen LogP contribution in [0.5, 0.6) is 0 Å². The molecule has 0 aromatic heterocycles. The van der Waals surface area contributed by atoms with Crippen molar-refractivity contribution in [2.45, 2.75) is 32.6 Å². The third-order valence-corrected chi connectivity index (χ3v) is 2.32. The molecule has 2 heteroatoms. The average Bonchev–Trinajstić information content (AvgIpc) is 2.27. The molecule has 0 heterocycles. The summed E-state index contributed by atoms with van der Waals surface area (Å²) in [5, 5.41) is 0. The number of esters is 1. The minimum Gasteiger partial charge on any atom is -0.465 e. The molecule has 1 rings (SSSR count). The van der Waals surface area contributed by atoms with Crippen molar-refractivity contribution in [2.24, 2.45) is 0 Å². The molecule has 1 unspecified atom stereocenters. The highest BCUT2D eigenvalue weighted by atomic mass is 16.5. The summed E-state index contributed by atoms with van der Waals surface area (Å²) in [6, 6.07) is 10.1. The zero-order valence-corrected chi connectivity index (χ0v) is 9.40. The molecule has 0 aliphatic rings. The maximum absolute atomic E-state index is 11.2. The van der Waals surface area contributed by atoms with Crippen LogP contribution in [-0.4, -0.2) is 12.6 Å². The molecule has 0 fully saturated rings. The van der Waals surface area contributed by atoms with Crippen molar-refractivity contribution in [1.29, 1.82) is 0 Å². The first-order valence-corrected chi connectivity index (χ1v) is 5.44. The fourth-order valence-corrected chi connectivity index (χ4v) is 1.37. The summed E-state index contributed by atoms with van der Waals surface area (Å²) in [5.41, 5.74) is 1.21. The van der Waals surface area contributed by atoms with E-state index in [1.165, 1.54) is 5.56 Å². The maximum Gasteiger partial charge on any atom is 0.305 e. The quantitative estimate of drug-likeness (QED) is 0.692. The van der Waals surface area contributed by atoms with Crippen molar-refractivity contribution in [2.75, 3.05) is 6.61 Å². The van der Waals surface area contributed by atoms with E-state index in [-0.39, 0.29) is 11.9 Å². The molecule has 15 heavy (non-hydrogen) atoms. The fraction of sp³-hybridized carbons (Fsp3) is 0.462. The van der Waals surface area contributed by atoms with E-state index < -0.39 is 0 Å². The van der Waals surface area contributed by atoms with Crippen molar-refractivity contribution in [3.8, 4) is 0 Å². The van der Waals surface area contributed by atoms with E-state index in [1.54, 1.807) is 0 Å². The van der Waals surface area contributed by atoms with Gasteiger partial charge in [-0.3, -0.25) is 4.79 Å². The van der Waals surface area contributed by atoms with Gasteiger partial charge in [0.05, 0.1) is 6.61 Å². The van der Waals surface area contributed by atoms with Crippen molar-refractivity contribution in [1.82, 2.24) is 0 Å². The Labute approximate surface area is 91.3 Å². The lowest BCUT2D eigenvalue weighted by Gasteiger charge is -2.11. The van der Waals surface area contributed by atoms with Crippen LogP contribution in [0, 0.1) is 0 Å². The minimum atomic E-state index is -0.0970. The number of carbonyl (C=O) groups is 1. The third kappa shape index (κ3) is 4.15. The Morgan fingerprint density at radius 3 is 2.60 bits per heavy atom. The van der Waals surface area contributed by atoms with Crippen LogP contribution in [0.4, 0.5) is 0 Å². The molecule has 0 aliphatic heterocycles. The van der Waals surface area contributed by atoms with Gasteiger partial charge in [0.2, 0.25) is 0 Å². The number of carbonyl (C=O) groups excluding carboxylic acids is 1. The van der Waals surface area contributed by atoms with Gasteiger partial charge in [0.25, 0.3) is 0 Å². The first-order chi connectivity index (χ1) is 7.24. The molecule has 1 aromatic carbocycles. The summed E-state index contributed by atoms with van der Waals surface area (Å²) in [6.07, 6.45) is 1.36. The normalized spacial score (nSPS) is 12.1. The summed E-state index contributed by atoms with van der Waals surface area (Å²) in [5.74, 6) is 0.173. The minimum absolute atomic E-state index is 0.0970. The van der Waals surface area contributed by atoms with Gasteiger partial charge in [-0.15, -0.1) is 0 Å². The molecule has 2 nitrogen and oxygen atoms in total. The topological polar surface area (TPSA) is 26.3 Å². The molecule has 1 atom stereocenters. The van der Waals surface area contributed by atoms with Gasteiger partial charge < -0.3 is 4.74 Å². The van der Waals surface area contributed by atoms with E-state index in [0.717, 1.165) is 6.42 Å². The van der Waals surface area contributed by atoms with Gasteiger partial charge in [0, 0.05) is 12.3 Å². The second kappa shape index (κ2) is 6.23. The molecule has 0 N–H and O–H groups in total. The zero-order chi connectivity index (χ0) is 11.1. The van der Waals surface area contributed by atoms with E-state index >= 15 is 0 Å². The maximum atomic E-state index is 11.2. The van der Waals surface area contributed by atoms with Crippen molar-refractivity contribution >= 4 is 5.97 Å². The Kier molecular flexibility index (Phi) is 4.88. The summed E-state index contributed by atoms with van der Waals surface area (Å²) < 4.78 is 5.16. The van der Waals surface area contributed by atoms with Crippen LogP contribution < -0.4 is 0 Å². The second-order valence-electron chi connectivity index (χ2n) is 3.74. The lowest BCUT2D eigenvalue weighted by molar-refractivity contribution is -0.144. The highest BCUT2D eigenvalue weighted by Crippen LogP contribution is 2.14. The lowest BCUT2D eigenvalue weighted by Crippen LogP contribution is -2.10. The predicted octanol–water partition coefficient (Wildman–Crippen LogP) is 3.13. The predicted molar refractivity (Wildman–Crippen MR) is 60.7 cm³/mol. The van der Waals surface area contributed by atoms with Crippen LogP contribution in [-0.2, 0) is 9.53 Å². The van der Waals surface area contributed by atoms with Crippen molar-refractivity contribution in [3.05, 3.63) is 35.9 Å². The van der Waals surface area contributed by atoms with Gasteiger partial charge in [-0.1, -0.05) is 44.2 Å². The number of hydrogen-bond acceptors (Lipinski definition) is 2. The van der Waals surface area contributed by atoms with Gasteiger partial charge in [0.1, 0.15) is 0 Å². The van der Waals surface area contributed by atoms with E-state index in [0.29, 0.717) is 13.0 Å². The van der Waals surface area contributed by atoms with E-state index in [1.807, 2.05) is 25.1 Å². The Hall–Kier alpha value is -1.31. The molecular weight excluding hydrogens is 188 g/mol. The third-order valence-electron chi connectivity index (χ3n) is 2.32. The molecule has 0 amide bonds. The van der Waals surface area contributed by atoms with Gasteiger partial charge in [-0.05, 0) is 12.0 Å². The summed E-state index contributed by atoms with van der Waals surface area (Å²) in [7, 11) is 0.